The molecule has 0 aliphatic carbocycles. The third kappa shape index (κ3) is 2.91. The van der Waals surface area contributed by atoms with E-state index in [0.29, 0.717) is 6.07 Å². The van der Waals surface area contributed by atoms with Crippen molar-refractivity contribution in [2.75, 3.05) is 0 Å². The number of rotatable bonds is 4. The number of hydrogen-bond donors (Lipinski definition) is 1. The van der Waals surface area contributed by atoms with Gasteiger partial charge in [-0.3, -0.25) is 0 Å². The average molecular weight is 271 g/mol. The Hall–Kier alpha value is -1.33. The summed E-state index contributed by atoms with van der Waals surface area (Å²) in [6.45, 7) is 2.08. The van der Waals surface area contributed by atoms with Crippen molar-refractivity contribution in [2.24, 2.45) is 0 Å². The Morgan fingerprint density at radius 2 is 1.89 bits per heavy atom. The minimum Gasteiger partial charge on any atom is -0.306 e. The molecule has 1 nitrogen and oxygen atoms in total. The van der Waals surface area contributed by atoms with Gasteiger partial charge in [-0.2, -0.15) is 11.3 Å². The second-order valence-corrected chi connectivity index (χ2v) is 4.80. The van der Waals surface area contributed by atoms with E-state index in [4.69, 9.17) is 0 Å². The van der Waals surface area contributed by atoms with Gasteiger partial charge in [0.15, 0.2) is 11.6 Å². The fraction of sp³-hybridized carbons (Fsp3) is 0.231. The molecule has 0 amide bonds. The lowest BCUT2D eigenvalue weighted by Crippen LogP contribution is -2.18. The summed E-state index contributed by atoms with van der Waals surface area (Å²) in [5, 5.41) is 7.00. The molecule has 0 spiro atoms. The molecule has 96 valence electrons. The molecule has 2 aromatic rings. The standard InChI is InChI=1S/C13H12F3NS/c1-8(9-2-3-18-7-9)17-6-10-4-12(15)13(16)5-11(10)14/h2-5,7-8,17H,6H2,1H3. The van der Waals surface area contributed by atoms with E-state index < -0.39 is 17.5 Å². The Balaban J connectivity index is 2.04. The van der Waals surface area contributed by atoms with Crippen molar-refractivity contribution in [3.05, 3.63) is 57.5 Å². The van der Waals surface area contributed by atoms with Crippen LogP contribution in [0.25, 0.3) is 0 Å². The fourth-order valence-corrected chi connectivity index (χ4v) is 2.36. The Bertz CT molecular complexity index is 525. The van der Waals surface area contributed by atoms with Crippen LogP contribution in [0.1, 0.15) is 24.1 Å². The number of nitrogens with one attached hydrogen (secondary N) is 1. The molecule has 0 saturated carbocycles. The summed E-state index contributed by atoms with van der Waals surface area (Å²) in [4.78, 5) is 0. The van der Waals surface area contributed by atoms with Crippen LogP contribution in [0.5, 0.6) is 0 Å². The van der Waals surface area contributed by atoms with Crippen molar-refractivity contribution in [3.63, 3.8) is 0 Å². The molecule has 1 N–H and O–H groups in total. The predicted molar refractivity (Wildman–Crippen MR) is 65.9 cm³/mol. The Morgan fingerprint density at radius 3 is 2.56 bits per heavy atom. The molecule has 0 aliphatic heterocycles. The lowest BCUT2D eigenvalue weighted by atomic mass is 10.1. The average Bonchev–Trinajstić information content (AvgIpc) is 2.85. The molecule has 0 saturated heterocycles. The van der Waals surface area contributed by atoms with Crippen LogP contribution < -0.4 is 5.32 Å². The van der Waals surface area contributed by atoms with Crippen molar-refractivity contribution in [2.45, 2.75) is 19.5 Å². The van der Waals surface area contributed by atoms with E-state index >= 15 is 0 Å². The molecule has 0 radical (unpaired) electrons. The van der Waals surface area contributed by atoms with Gasteiger partial charge in [0.2, 0.25) is 0 Å². The predicted octanol–water partition coefficient (Wildman–Crippen LogP) is 4.02. The van der Waals surface area contributed by atoms with Crippen LogP contribution >= 0.6 is 11.3 Å². The highest BCUT2D eigenvalue weighted by molar-refractivity contribution is 7.07. The second kappa shape index (κ2) is 5.54. The Kier molecular flexibility index (Phi) is 4.04. The molecule has 5 heteroatoms. The largest absolute Gasteiger partial charge is 0.306 e. The number of hydrogen-bond acceptors (Lipinski definition) is 2. The minimum atomic E-state index is -1.16. The van der Waals surface area contributed by atoms with Gasteiger partial charge in [-0.25, -0.2) is 13.2 Å². The summed E-state index contributed by atoms with van der Waals surface area (Å²) in [7, 11) is 0. The fourth-order valence-electron chi connectivity index (χ4n) is 1.60. The first-order chi connectivity index (χ1) is 8.58. The van der Waals surface area contributed by atoms with Gasteiger partial charge in [-0.05, 0) is 35.4 Å². The monoisotopic (exact) mass is 271 g/mol. The molecule has 2 rings (SSSR count). The molecule has 1 heterocycles. The maximum absolute atomic E-state index is 13.4. The molecule has 18 heavy (non-hydrogen) atoms. The molecule has 0 aliphatic rings. The van der Waals surface area contributed by atoms with Crippen molar-refractivity contribution in [1.29, 1.82) is 0 Å². The first-order valence-corrected chi connectivity index (χ1v) is 6.41. The quantitative estimate of drug-likeness (QED) is 0.828. The maximum atomic E-state index is 13.4. The molecule has 0 fully saturated rings. The topological polar surface area (TPSA) is 12.0 Å². The second-order valence-electron chi connectivity index (χ2n) is 4.02. The van der Waals surface area contributed by atoms with Crippen molar-refractivity contribution in [1.82, 2.24) is 5.32 Å². The highest BCUT2D eigenvalue weighted by atomic mass is 32.1. The third-order valence-electron chi connectivity index (χ3n) is 2.73. The summed E-state index contributed by atoms with van der Waals surface area (Å²) in [5.74, 6) is -2.93. The molecule has 1 atom stereocenters. The molecular formula is C13H12F3NS. The van der Waals surface area contributed by atoms with E-state index in [-0.39, 0.29) is 18.2 Å². The third-order valence-corrected chi connectivity index (χ3v) is 3.43. The van der Waals surface area contributed by atoms with Gasteiger partial charge in [0.25, 0.3) is 0 Å². The van der Waals surface area contributed by atoms with Gasteiger partial charge in [0, 0.05) is 24.2 Å². The Labute approximate surface area is 107 Å². The first kappa shape index (κ1) is 13.1. The molecule has 1 unspecified atom stereocenters. The first-order valence-electron chi connectivity index (χ1n) is 5.47. The summed E-state index contributed by atoms with van der Waals surface area (Å²) in [5.41, 5.74) is 1.21. The highest BCUT2D eigenvalue weighted by Gasteiger charge is 2.11. The lowest BCUT2D eigenvalue weighted by molar-refractivity contribution is 0.482. The van der Waals surface area contributed by atoms with Crippen LogP contribution in [0.2, 0.25) is 0 Å². The van der Waals surface area contributed by atoms with Gasteiger partial charge < -0.3 is 5.32 Å². The van der Waals surface area contributed by atoms with Gasteiger partial charge in [-0.15, -0.1) is 0 Å². The van der Waals surface area contributed by atoms with E-state index in [2.05, 4.69) is 5.32 Å². The van der Waals surface area contributed by atoms with Crippen molar-refractivity contribution < 1.29 is 13.2 Å². The number of thiophene rings is 1. The van der Waals surface area contributed by atoms with Crippen LogP contribution in [-0.4, -0.2) is 0 Å². The van der Waals surface area contributed by atoms with Crippen LogP contribution in [0.3, 0.4) is 0 Å². The van der Waals surface area contributed by atoms with Crippen LogP contribution in [0.15, 0.2) is 29.0 Å². The Morgan fingerprint density at radius 1 is 1.17 bits per heavy atom. The van der Waals surface area contributed by atoms with Gasteiger partial charge in [-0.1, -0.05) is 0 Å². The number of halogens is 3. The zero-order valence-electron chi connectivity index (χ0n) is 9.71. The van der Waals surface area contributed by atoms with E-state index in [1.807, 2.05) is 23.8 Å². The highest BCUT2D eigenvalue weighted by Crippen LogP contribution is 2.18. The normalized spacial score (nSPS) is 12.7. The molecular weight excluding hydrogens is 259 g/mol. The van der Waals surface area contributed by atoms with Crippen molar-refractivity contribution >= 4 is 11.3 Å². The SMILES string of the molecule is CC(NCc1cc(F)c(F)cc1F)c1ccsc1. The summed E-state index contributed by atoms with van der Waals surface area (Å²) >= 11 is 1.57. The summed E-state index contributed by atoms with van der Waals surface area (Å²) < 4.78 is 39.1. The van der Waals surface area contributed by atoms with Crippen LogP contribution in [-0.2, 0) is 6.54 Å². The zero-order valence-corrected chi connectivity index (χ0v) is 10.5. The van der Waals surface area contributed by atoms with Crippen LogP contribution in [0.4, 0.5) is 13.2 Å². The molecule has 1 aromatic heterocycles. The zero-order chi connectivity index (χ0) is 13.1. The minimum absolute atomic E-state index is 0.0313. The van der Waals surface area contributed by atoms with Gasteiger partial charge in [0.05, 0.1) is 0 Å². The van der Waals surface area contributed by atoms with E-state index in [0.717, 1.165) is 11.6 Å². The summed E-state index contributed by atoms with van der Waals surface area (Å²) in [6, 6.07) is 3.45. The smallest absolute Gasteiger partial charge is 0.161 e. The van der Waals surface area contributed by atoms with Gasteiger partial charge in [0.1, 0.15) is 5.82 Å². The van der Waals surface area contributed by atoms with Crippen LogP contribution in [0, 0.1) is 17.5 Å². The van der Waals surface area contributed by atoms with E-state index in [1.165, 1.54) is 0 Å². The molecule has 1 aromatic carbocycles. The maximum Gasteiger partial charge on any atom is 0.161 e. The van der Waals surface area contributed by atoms with Gasteiger partial charge >= 0.3 is 0 Å². The molecule has 0 bridgehead atoms. The van der Waals surface area contributed by atoms with Crippen molar-refractivity contribution in [3.8, 4) is 0 Å². The number of benzene rings is 1. The lowest BCUT2D eigenvalue weighted by Gasteiger charge is -2.13. The van der Waals surface area contributed by atoms with E-state index in [1.54, 1.807) is 11.3 Å². The van der Waals surface area contributed by atoms with E-state index in [9.17, 15) is 13.2 Å². The summed E-state index contributed by atoms with van der Waals surface area (Å²) in [6.07, 6.45) is 0.